The number of carbonyl (C=O) groups excluding carboxylic acids is 7. The fourth-order valence-electron chi connectivity index (χ4n) is 6.57. The van der Waals surface area contributed by atoms with Crippen LogP contribution >= 0.6 is 46.4 Å². The van der Waals surface area contributed by atoms with Crippen LogP contribution in [0.15, 0.2) is 110 Å². The number of methoxy groups -OCH3 is 2. The van der Waals surface area contributed by atoms with Crippen LogP contribution in [-0.2, 0) is 41.5 Å². The number of hydrogen-bond donors (Lipinski definition) is 7. The van der Waals surface area contributed by atoms with E-state index in [0.29, 0.717) is 24.0 Å². The number of aromatic amines is 2. The zero-order valence-electron chi connectivity index (χ0n) is 39.2. The topological polar surface area (TPSA) is 295 Å². The number of ether oxygens (including phenoxy) is 2. The molecule has 6 rings (SSSR count). The van der Waals surface area contributed by atoms with Crippen molar-refractivity contribution >= 4 is 93.6 Å². The predicted molar refractivity (Wildman–Crippen MR) is 285 cm³/mol. The minimum absolute atomic E-state index is 0. The van der Waals surface area contributed by atoms with Crippen LogP contribution in [-0.4, -0.2) is 112 Å². The summed E-state index contributed by atoms with van der Waals surface area (Å²) < 4.78 is 9.35. The molecule has 0 spiro atoms. The van der Waals surface area contributed by atoms with Crippen LogP contribution in [0.1, 0.15) is 105 Å². The number of imidazole rings is 2. The third kappa shape index (κ3) is 20.8. The number of halogens is 4. The summed E-state index contributed by atoms with van der Waals surface area (Å²) in [5.74, 6) is -2.94. The molecular weight excluding hydrogens is 1050 g/mol. The largest absolute Gasteiger partial charge is 0.478 e. The van der Waals surface area contributed by atoms with Gasteiger partial charge < -0.3 is 46.2 Å². The second-order valence-corrected chi connectivity index (χ2v) is 17.1. The Kier molecular flexibility index (Phi) is 27.8. The van der Waals surface area contributed by atoms with Gasteiger partial charge in [-0.25, -0.2) is 24.4 Å². The molecule has 75 heavy (non-hydrogen) atoms. The summed E-state index contributed by atoms with van der Waals surface area (Å²) in [5.41, 5.74) is 7.82. The molecule has 0 unspecified atom stereocenters. The Hall–Kier alpha value is -7.42. The quantitative estimate of drug-likeness (QED) is 0.0337. The Labute approximate surface area is 453 Å². The van der Waals surface area contributed by atoms with Gasteiger partial charge in [-0.1, -0.05) is 97.7 Å². The molecule has 0 aliphatic rings. The molecule has 23 heteroatoms. The number of nitrogens with one attached hydrogen (secondary N) is 5. The van der Waals surface area contributed by atoms with Crippen molar-refractivity contribution in [3.05, 3.63) is 175 Å². The number of ketones is 2. The Bertz CT molecular complexity index is 2830. The molecule has 4 aromatic carbocycles. The second kappa shape index (κ2) is 32.7. The first kappa shape index (κ1) is 63.7. The Morgan fingerprint density at radius 1 is 0.600 bits per heavy atom. The molecule has 2 atom stereocenters. The third-order valence-electron chi connectivity index (χ3n) is 10.3. The van der Waals surface area contributed by atoms with Crippen molar-refractivity contribution < 1.29 is 52.9 Å². The fourth-order valence-corrected chi connectivity index (χ4v) is 7.71. The highest BCUT2D eigenvalue weighted by atomic mass is 35.5. The molecule has 3 amide bonds. The first-order valence-corrected chi connectivity index (χ1v) is 23.5. The summed E-state index contributed by atoms with van der Waals surface area (Å²) in [5, 5.41) is 16.9. The molecule has 8 N–H and O–H groups in total. The van der Waals surface area contributed by atoms with Crippen molar-refractivity contribution in [2.24, 2.45) is 5.73 Å². The van der Waals surface area contributed by atoms with Crippen LogP contribution in [0.5, 0.6) is 0 Å². The normalized spacial score (nSPS) is 10.9. The van der Waals surface area contributed by atoms with Gasteiger partial charge in [0.1, 0.15) is 29.5 Å². The molecule has 0 radical (unpaired) electrons. The molecule has 0 fully saturated rings. The third-order valence-corrected chi connectivity index (χ3v) is 11.5. The number of esters is 2. The lowest BCUT2D eigenvalue weighted by atomic mass is 10.1. The van der Waals surface area contributed by atoms with Gasteiger partial charge in [-0.15, -0.1) is 0 Å². The lowest BCUT2D eigenvalue weighted by Crippen LogP contribution is -2.42. The number of benzene rings is 4. The Morgan fingerprint density at radius 3 is 1.39 bits per heavy atom. The molecule has 0 saturated carbocycles. The number of carboxylic acid groups (broad SMARTS) is 1. The fraction of sp³-hybridized carbons (Fsp3) is 0.269. The first-order chi connectivity index (χ1) is 34.9. The van der Waals surface area contributed by atoms with E-state index in [1.165, 1.54) is 38.5 Å². The first-order valence-electron chi connectivity index (χ1n) is 22.0. The number of rotatable bonds is 21. The number of aromatic carboxylic acids is 1. The number of H-pyrrole nitrogens is 2. The van der Waals surface area contributed by atoms with Gasteiger partial charge >= 0.3 is 17.9 Å². The molecule has 0 bridgehead atoms. The van der Waals surface area contributed by atoms with Crippen molar-refractivity contribution in [3.8, 4) is 0 Å². The maximum Gasteiger partial charge on any atom is 0.335 e. The molecule has 6 aromatic rings. The van der Waals surface area contributed by atoms with Gasteiger partial charge in [-0.2, -0.15) is 0 Å². The number of Topliss-reactive ketones (excluding diaryl/α,β-unsaturated/α-hetero) is 2. The summed E-state index contributed by atoms with van der Waals surface area (Å²) in [6.07, 6.45) is 7.96. The Balaban J connectivity index is 0.000000420. The highest BCUT2D eigenvalue weighted by Gasteiger charge is 2.27. The molecule has 0 aliphatic heterocycles. The van der Waals surface area contributed by atoms with Crippen LogP contribution < -0.4 is 21.7 Å². The van der Waals surface area contributed by atoms with Gasteiger partial charge in [0.25, 0.3) is 17.7 Å². The van der Waals surface area contributed by atoms with Crippen LogP contribution in [0, 0.1) is 0 Å². The molecule has 0 saturated heterocycles. The number of aromatic nitrogens is 4. The second-order valence-electron chi connectivity index (χ2n) is 15.5. The summed E-state index contributed by atoms with van der Waals surface area (Å²) in [4.78, 5) is 110. The summed E-state index contributed by atoms with van der Waals surface area (Å²) in [6, 6.07) is 21.0. The number of nitrogens with zero attached hydrogens (tertiary/aromatic N) is 2. The van der Waals surface area contributed by atoms with Gasteiger partial charge in [-0.3, -0.25) is 24.0 Å². The Morgan fingerprint density at radius 2 is 1.00 bits per heavy atom. The van der Waals surface area contributed by atoms with E-state index in [9.17, 15) is 38.4 Å². The average molecular weight is 1110 g/mol. The number of carboxylic acids is 1. The molecule has 2 aromatic heterocycles. The maximum atomic E-state index is 12.6. The monoisotopic (exact) mass is 1110 g/mol. The summed E-state index contributed by atoms with van der Waals surface area (Å²) in [6.45, 7) is -0.363. The van der Waals surface area contributed by atoms with Gasteiger partial charge in [0.05, 0.1) is 64.1 Å². The van der Waals surface area contributed by atoms with E-state index in [4.69, 9.17) is 62.0 Å². The van der Waals surface area contributed by atoms with Gasteiger partial charge in [0.15, 0.2) is 5.78 Å². The molecular formula is C52H58Cl4N8O11. The number of amides is 3. The van der Waals surface area contributed by atoms with Crippen LogP contribution in [0.3, 0.4) is 0 Å². The van der Waals surface area contributed by atoms with Gasteiger partial charge in [-0.05, 0) is 72.5 Å². The zero-order chi connectivity index (χ0) is 53.5. The minimum Gasteiger partial charge on any atom is -0.478 e. The van der Waals surface area contributed by atoms with Crippen molar-refractivity contribution in [2.75, 3.05) is 27.3 Å². The number of hydrogen-bond acceptors (Lipinski definition) is 13. The van der Waals surface area contributed by atoms with E-state index in [1.54, 1.807) is 73.3 Å². The maximum absolute atomic E-state index is 12.6. The highest BCUT2D eigenvalue weighted by molar-refractivity contribution is 6.40. The predicted octanol–water partition coefficient (Wildman–Crippen LogP) is 7.90. The summed E-state index contributed by atoms with van der Waals surface area (Å²) >= 11 is 24.0. The SMILES string of the molecule is C.C.COC(=O)[C@H](CCC(=O)CN)NC(=O)c1c(Cl)cccc1Cl.COC(=O)[C@H](CCC(=O)CNC(=O)c1cccc(Cc2ncc[nH]2)c1)NC(=O)c1c(Cl)cccc1Cl.O=C(O)c1cccc(Cc2ncc[nH]2)c1. The zero-order valence-corrected chi connectivity index (χ0v) is 42.2. The molecule has 400 valence electrons. The number of carbonyl (C=O) groups is 8. The summed E-state index contributed by atoms with van der Waals surface area (Å²) in [7, 11) is 2.36. The van der Waals surface area contributed by atoms with E-state index in [-0.39, 0.29) is 96.4 Å². The van der Waals surface area contributed by atoms with E-state index < -0.39 is 47.7 Å². The van der Waals surface area contributed by atoms with Crippen LogP contribution in [0.4, 0.5) is 0 Å². The van der Waals surface area contributed by atoms with Crippen molar-refractivity contribution in [1.29, 1.82) is 0 Å². The van der Waals surface area contributed by atoms with Crippen molar-refractivity contribution in [2.45, 2.75) is 65.5 Å². The van der Waals surface area contributed by atoms with Crippen LogP contribution in [0.25, 0.3) is 0 Å². The van der Waals surface area contributed by atoms with Gasteiger partial charge in [0.2, 0.25) is 0 Å². The molecule has 19 nitrogen and oxygen atoms in total. The average Bonchev–Trinajstić information content (AvgIpc) is 4.10. The highest BCUT2D eigenvalue weighted by Crippen LogP contribution is 2.26. The van der Waals surface area contributed by atoms with E-state index in [1.807, 2.05) is 12.1 Å². The lowest BCUT2D eigenvalue weighted by molar-refractivity contribution is -0.144. The van der Waals surface area contributed by atoms with E-state index in [2.05, 4.69) is 40.6 Å². The standard InChI is InChI=1S/C25H24Cl2N4O5.C14H16Cl2N2O4.C11H10N2O2.2CH4/c1-36-25(35)20(31-24(34)22-18(26)6-3-7-19(22)27)9-8-17(32)14-30-23(33)16-5-2-4-15(12-16)13-21-28-10-11-29-21;1-22-14(21)11(6-5-8(19)7-17)18-13(20)12-9(15)3-2-4-10(12)16;14-11(15)9-3-1-2-8(6-9)7-10-12-4-5-13-10;;/h2-7,10-12,20H,8-9,13-14H2,1H3,(H,28,29)(H,30,33)(H,31,34);2-4,11H,5-7,17H2,1H3,(H,18,20);1-6H,7H2,(H,12,13)(H,14,15);2*1H4/t20-;11-;;;/m00.../s1. The van der Waals surface area contributed by atoms with Crippen molar-refractivity contribution in [1.82, 2.24) is 35.9 Å². The molecule has 2 heterocycles. The minimum atomic E-state index is -1.10. The molecule has 0 aliphatic carbocycles. The van der Waals surface area contributed by atoms with Gasteiger partial charge in [0, 0.05) is 56.0 Å². The van der Waals surface area contributed by atoms with E-state index in [0.717, 1.165) is 22.8 Å². The number of nitrogens with two attached hydrogens (primary N) is 1. The van der Waals surface area contributed by atoms with E-state index >= 15 is 0 Å². The van der Waals surface area contributed by atoms with Crippen LogP contribution in [0.2, 0.25) is 20.1 Å². The smallest absolute Gasteiger partial charge is 0.335 e. The lowest BCUT2D eigenvalue weighted by Gasteiger charge is -2.17. The van der Waals surface area contributed by atoms with Crippen molar-refractivity contribution in [3.63, 3.8) is 0 Å².